The third kappa shape index (κ3) is 3.58. The number of nitrogens with zero attached hydrogens (tertiary/aromatic N) is 3. The summed E-state index contributed by atoms with van der Waals surface area (Å²) in [6, 6.07) is 12.0. The first kappa shape index (κ1) is 23.4. The van der Waals surface area contributed by atoms with E-state index in [-0.39, 0.29) is 39.3 Å². The van der Waals surface area contributed by atoms with E-state index in [9.17, 15) is 24.5 Å². The highest BCUT2D eigenvalue weighted by molar-refractivity contribution is 9.12. The number of halogens is 3. The number of nitro benzene ring substituents is 1. The van der Waals surface area contributed by atoms with Crippen molar-refractivity contribution in [3.05, 3.63) is 74.8 Å². The lowest BCUT2D eigenvalue weighted by atomic mass is 9.81. The van der Waals surface area contributed by atoms with Crippen molar-refractivity contribution in [1.29, 1.82) is 0 Å². The Balaban J connectivity index is 1.53. The van der Waals surface area contributed by atoms with E-state index < -0.39 is 34.5 Å². The minimum absolute atomic E-state index is 0.00235. The van der Waals surface area contributed by atoms with Crippen LogP contribution in [0.1, 0.15) is 22.3 Å². The van der Waals surface area contributed by atoms with Gasteiger partial charge in [0.1, 0.15) is 0 Å². The summed E-state index contributed by atoms with van der Waals surface area (Å²) >= 11 is 13.7. The number of nitro groups is 1. The summed E-state index contributed by atoms with van der Waals surface area (Å²) in [6.07, 6.45) is 0.771. The van der Waals surface area contributed by atoms with Gasteiger partial charge in [0.25, 0.3) is 23.4 Å². The van der Waals surface area contributed by atoms with Crippen LogP contribution < -0.4 is 0 Å². The van der Waals surface area contributed by atoms with E-state index in [1.54, 1.807) is 24.3 Å². The first-order chi connectivity index (χ1) is 16.2. The topological polar surface area (TPSA) is 101 Å². The largest absolute Gasteiger partial charge is 0.273 e. The summed E-state index contributed by atoms with van der Waals surface area (Å²) < 4.78 is 0. The number of hydrogen-bond acceptors (Lipinski definition) is 5. The van der Waals surface area contributed by atoms with E-state index in [1.807, 2.05) is 0 Å². The molecule has 5 rings (SSSR count). The van der Waals surface area contributed by atoms with Gasteiger partial charge in [-0.3, -0.25) is 24.5 Å². The molecule has 2 aliphatic carbocycles. The molecule has 3 amide bonds. The van der Waals surface area contributed by atoms with Gasteiger partial charge in [0.15, 0.2) is 0 Å². The molecular formula is C23H18Br2ClN3O5. The number of amides is 3. The molecule has 0 radical (unpaired) electrons. The van der Waals surface area contributed by atoms with Crippen LogP contribution in [0.15, 0.2) is 48.5 Å². The van der Waals surface area contributed by atoms with Gasteiger partial charge in [-0.05, 0) is 42.0 Å². The highest BCUT2D eigenvalue weighted by Crippen LogP contribution is 2.60. The minimum atomic E-state index is -0.616. The number of rotatable bonds is 5. The maximum Gasteiger partial charge on any atom is 0.273 e. The van der Waals surface area contributed by atoms with Crippen LogP contribution in [-0.2, 0) is 16.1 Å². The molecule has 2 bridgehead atoms. The van der Waals surface area contributed by atoms with Gasteiger partial charge in [0, 0.05) is 32.4 Å². The van der Waals surface area contributed by atoms with Gasteiger partial charge in [-0.15, -0.1) is 0 Å². The molecule has 176 valence electrons. The molecule has 6 atom stereocenters. The molecule has 2 aromatic carbocycles. The molecule has 3 fully saturated rings. The Morgan fingerprint density at radius 2 is 1.59 bits per heavy atom. The van der Waals surface area contributed by atoms with Crippen molar-refractivity contribution >= 4 is 66.9 Å². The molecule has 2 saturated carbocycles. The molecule has 0 spiro atoms. The standard InChI is InChI=1S/C23H18Br2ClN3O5/c24-19-14-9-15(20(19)25)18-17(14)22(31)28(23(18)32)27(10-12-3-1-2-4-16(12)26)21(30)11-5-7-13(8-6-11)29(33)34/h1-8,14-15,17-20H,9-10H2/t14-,15-,17-,18+,19+,20+/m1/s1. The number of hydrogen-bond donors (Lipinski definition) is 0. The normalized spacial score (nSPS) is 29.4. The van der Waals surface area contributed by atoms with Gasteiger partial charge in [0.2, 0.25) is 0 Å². The highest BCUT2D eigenvalue weighted by Gasteiger charge is 2.67. The number of fused-ring (bicyclic) bond motifs is 5. The Hall–Kier alpha value is -2.30. The highest BCUT2D eigenvalue weighted by atomic mass is 79.9. The number of non-ortho nitro benzene ring substituents is 1. The van der Waals surface area contributed by atoms with Crippen LogP contribution in [0.3, 0.4) is 0 Å². The molecule has 2 aromatic rings. The summed E-state index contributed by atoms with van der Waals surface area (Å²) in [5.74, 6) is -2.39. The lowest BCUT2D eigenvalue weighted by molar-refractivity contribution is -0.384. The fraction of sp³-hybridized carbons (Fsp3) is 0.348. The van der Waals surface area contributed by atoms with Crippen molar-refractivity contribution in [3.63, 3.8) is 0 Å². The molecule has 1 saturated heterocycles. The molecule has 0 aromatic heterocycles. The molecule has 11 heteroatoms. The second-order valence-electron chi connectivity index (χ2n) is 8.75. The zero-order valence-corrected chi connectivity index (χ0v) is 21.4. The van der Waals surface area contributed by atoms with Crippen molar-refractivity contribution in [2.75, 3.05) is 0 Å². The fourth-order valence-electron chi connectivity index (χ4n) is 5.47. The van der Waals surface area contributed by atoms with Gasteiger partial charge in [-0.2, -0.15) is 5.01 Å². The van der Waals surface area contributed by atoms with E-state index in [4.69, 9.17) is 11.6 Å². The first-order valence-corrected chi connectivity index (χ1v) is 12.9. The molecule has 1 heterocycles. The fourth-order valence-corrected chi connectivity index (χ4v) is 7.54. The first-order valence-electron chi connectivity index (χ1n) is 10.7. The third-order valence-electron chi connectivity index (χ3n) is 7.04. The smallest absolute Gasteiger partial charge is 0.272 e. The van der Waals surface area contributed by atoms with Gasteiger partial charge in [-0.25, -0.2) is 5.01 Å². The second-order valence-corrected chi connectivity index (χ2v) is 11.3. The lowest BCUT2D eigenvalue weighted by Gasteiger charge is -2.31. The van der Waals surface area contributed by atoms with Crippen LogP contribution in [0.2, 0.25) is 5.02 Å². The van der Waals surface area contributed by atoms with Crippen molar-refractivity contribution in [3.8, 4) is 0 Å². The number of alkyl halides is 2. The molecule has 34 heavy (non-hydrogen) atoms. The summed E-state index contributed by atoms with van der Waals surface area (Å²) in [7, 11) is 0. The molecule has 3 aliphatic rings. The Bertz CT molecular complexity index is 1180. The number of carbonyl (C=O) groups excluding carboxylic acids is 3. The zero-order valence-electron chi connectivity index (χ0n) is 17.5. The van der Waals surface area contributed by atoms with Gasteiger partial charge in [0.05, 0.1) is 23.3 Å². The van der Waals surface area contributed by atoms with Crippen LogP contribution >= 0.6 is 43.5 Å². The quantitative estimate of drug-likeness (QED) is 0.213. The average Bonchev–Trinajstić information content (AvgIpc) is 3.43. The molecular weight excluding hydrogens is 594 g/mol. The summed E-state index contributed by atoms with van der Waals surface area (Å²) in [4.78, 5) is 51.4. The third-order valence-corrected chi connectivity index (χ3v) is 10.6. The number of hydrazine groups is 1. The predicted molar refractivity (Wildman–Crippen MR) is 130 cm³/mol. The Morgan fingerprint density at radius 3 is 2.12 bits per heavy atom. The van der Waals surface area contributed by atoms with Gasteiger partial charge < -0.3 is 0 Å². The number of carbonyl (C=O) groups is 3. The van der Waals surface area contributed by atoms with Crippen LogP contribution in [0.25, 0.3) is 0 Å². The maximum atomic E-state index is 13.6. The summed E-state index contributed by atoms with van der Waals surface area (Å²) in [5, 5.41) is 13.5. The Labute approximate surface area is 216 Å². The molecule has 1 aliphatic heterocycles. The van der Waals surface area contributed by atoms with Crippen LogP contribution in [-0.4, -0.2) is 42.3 Å². The van der Waals surface area contributed by atoms with Crippen molar-refractivity contribution in [2.24, 2.45) is 23.7 Å². The van der Waals surface area contributed by atoms with Crippen molar-refractivity contribution < 1.29 is 19.3 Å². The van der Waals surface area contributed by atoms with Gasteiger partial charge >= 0.3 is 0 Å². The summed E-state index contributed by atoms with van der Waals surface area (Å²) in [5.41, 5.74) is 0.521. The minimum Gasteiger partial charge on any atom is -0.272 e. The molecule has 8 nitrogen and oxygen atoms in total. The van der Waals surface area contributed by atoms with E-state index >= 15 is 0 Å². The molecule has 0 N–H and O–H groups in total. The SMILES string of the molecule is O=C(c1ccc([N+](=O)[O-])cc1)N(Cc1ccccc1Cl)N1C(=O)[C@@H]2[C@H]3C[C@@H]([C@H](Br)[C@H]3Br)[C@@H]2C1=O. The second kappa shape index (κ2) is 8.73. The van der Waals surface area contributed by atoms with Crippen LogP contribution in [0, 0.1) is 33.8 Å². The number of benzene rings is 2. The van der Waals surface area contributed by atoms with E-state index in [0.29, 0.717) is 10.6 Å². The molecule has 0 unspecified atom stereocenters. The van der Waals surface area contributed by atoms with Crippen molar-refractivity contribution in [2.45, 2.75) is 22.6 Å². The van der Waals surface area contributed by atoms with E-state index in [2.05, 4.69) is 31.9 Å². The number of imide groups is 1. The average molecular weight is 612 g/mol. The Kier molecular flexibility index (Phi) is 6.02. The van der Waals surface area contributed by atoms with Gasteiger partial charge in [-0.1, -0.05) is 61.7 Å². The monoisotopic (exact) mass is 609 g/mol. The van der Waals surface area contributed by atoms with Crippen molar-refractivity contribution in [1.82, 2.24) is 10.0 Å². The zero-order chi connectivity index (χ0) is 24.3. The predicted octanol–water partition coefficient (Wildman–Crippen LogP) is 4.58. The van der Waals surface area contributed by atoms with E-state index in [1.165, 1.54) is 24.3 Å². The maximum absolute atomic E-state index is 13.6. The lowest BCUT2D eigenvalue weighted by Crippen LogP contribution is -2.50. The van der Waals surface area contributed by atoms with Crippen LogP contribution in [0.5, 0.6) is 0 Å². The Morgan fingerprint density at radius 1 is 1.03 bits per heavy atom. The van der Waals surface area contributed by atoms with E-state index in [0.717, 1.165) is 16.4 Å². The summed E-state index contributed by atoms with van der Waals surface area (Å²) in [6.45, 7) is -0.1000. The van der Waals surface area contributed by atoms with Crippen LogP contribution in [0.4, 0.5) is 5.69 Å².